The van der Waals surface area contributed by atoms with E-state index in [9.17, 15) is 14.3 Å². The van der Waals surface area contributed by atoms with Crippen molar-refractivity contribution in [1.29, 1.82) is 0 Å². The number of cyclic esters (lactones) is 1. The second kappa shape index (κ2) is 42.0. The minimum absolute atomic E-state index is 0.00188. The molecule has 3 fully saturated rings. The average molecular weight is 1600 g/mol. The summed E-state index contributed by atoms with van der Waals surface area (Å²) >= 11 is 0. The van der Waals surface area contributed by atoms with E-state index in [2.05, 4.69) is 5.32 Å². The summed E-state index contributed by atoms with van der Waals surface area (Å²) in [6.45, 7) is 0.561. The number of hydrogen-bond donors (Lipinski definition) is 2. The molecule has 0 aliphatic carbocycles. The first-order valence-corrected chi connectivity index (χ1v) is 41.2. The summed E-state index contributed by atoms with van der Waals surface area (Å²) < 4.78 is 129. The van der Waals surface area contributed by atoms with Gasteiger partial charge < -0.3 is 66.7 Å². The van der Waals surface area contributed by atoms with Gasteiger partial charge in [0.15, 0.2) is 6.29 Å². The molecule has 2 N–H and O–H groups in total. The molecule has 0 spiro atoms. The van der Waals surface area contributed by atoms with Crippen LogP contribution in [0, 0.1) is 11.7 Å². The summed E-state index contributed by atoms with van der Waals surface area (Å²) in [6, 6.07) is 96.9. The van der Waals surface area contributed by atoms with Gasteiger partial charge in [-0.3, -0.25) is 4.79 Å². The molecule has 2 amide bonds. The fourth-order valence-corrected chi connectivity index (χ4v) is 16.2. The Kier molecular flexibility index (Phi) is 29.8. The lowest BCUT2D eigenvalue weighted by molar-refractivity contribution is -0.362. The second-order valence-corrected chi connectivity index (χ2v) is 31.0. The van der Waals surface area contributed by atoms with E-state index in [1.807, 2.05) is 273 Å². The Balaban J connectivity index is 0.822. The number of aliphatic hydroxyl groups excluding tert-OH is 1. The van der Waals surface area contributed by atoms with Crippen LogP contribution in [0.3, 0.4) is 0 Å². The highest BCUT2D eigenvalue weighted by Crippen LogP contribution is 2.40. The zero-order valence-electron chi connectivity index (χ0n) is 64.8. The molecule has 21 heteroatoms. The third-order valence-electron chi connectivity index (χ3n) is 21.0. The molecular weight excluding hydrogens is 1500 g/mol. The molecule has 0 aromatic heterocycles. The summed E-state index contributed by atoms with van der Waals surface area (Å²) in [5.74, 6) is -2.99. The molecule has 606 valence electrons. The summed E-state index contributed by atoms with van der Waals surface area (Å²) in [5.41, 5.74) is 8.49. The van der Waals surface area contributed by atoms with Crippen molar-refractivity contribution in [2.75, 3.05) is 30.9 Å². The van der Waals surface area contributed by atoms with Crippen LogP contribution in [0.5, 0.6) is 5.75 Å². The van der Waals surface area contributed by atoms with E-state index in [1.54, 1.807) is 12.1 Å². The van der Waals surface area contributed by atoms with Crippen molar-refractivity contribution in [3.8, 4) is 5.75 Å². The smallest absolute Gasteiger partial charge is 0.416 e. The molecule has 3 heterocycles. The number of nitrogens with zero attached hydrogens (tertiary/aromatic N) is 1. The van der Waals surface area contributed by atoms with Crippen molar-refractivity contribution in [2.45, 2.75) is 145 Å². The molecule has 3 aliphatic heterocycles. The molecule has 0 radical (unpaired) electrons. The number of hydrogen-bond acceptors (Lipinski definition) is 18. The predicted octanol–water partition coefficient (Wildman–Crippen LogP) is 16.6. The van der Waals surface area contributed by atoms with Crippen molar-refractivity contribution in [3.63, 3.8) is 0 Å². The van der Waals surface area contributed by atoms with E-state index in [1.165, 1.54) is 41.3 Å². The van der Waals surface area contributed by atoms with Gasteiger partial charge in [-0.2, -0.15) is 8.42 Å². The average Bonchev–Trinajstić information content (AvgIpc) is 1.10. The van der Waals surface area contributed by atoms with Crippen LogP contribution in [0.25, 0.3) is 0 Å². The molecule has 117 heavy (non-hydrogen) atoms. The predicted molar refractivity (Wildman–Crippen MR) is 439 cm³/mol. The number of rotatable bonds is 40. The van der Waals surface area contributed by atoms with Gasteiger partial charge in [-0.15, -0.1) is 0 Å². The normalized spacial score (nSPS) is 21.5. The van der Waals surface area contributed by atoms with Crippen LogP contribution in [0.1, 0.15) is 80.6 Å². The number of nitrogens with one attached hydrogen (secondary N) is 1. The lowest BCUT2D eigenvalue weighted by Crippen LogP contribution is -2.66. The number of aliphatic hydroxyl groups is 1. The summed E-state index contributed by atoms with van der Waals surface area (Å²) in [4.78, 5) is 30.7. The van der Waals surface area contributed by atoms with Crippen LogP contribution < -0.4 is 9.50 Å². The van der Waals surface area contributed by atoms with Gasteiger partial charge in [-0.25, -0.2) is 14.1 Å². The summed E-state index contributed by atoms with van der Waals surface area (Å²) in [6.07, 6.45) is -12.8. The molecule has 0 saturated carbocycles. The molecule has 19 nitrogen and oxygen atoms in total. The maximum Gasteiger partial charge on any atom is 0.416 e. The summed E-state index contributed by atoms with van der Waals surface area (Å²) in [5, 5.41) is 15.3. The number of amides is 2. The third kappa shape index (κ3) is 23.6. The van der Waals surface area contributed by atoms with Crippen molar-refractivity contribution in [2.24, 2.45) is 5.92 Å². The third-order valence-corrected chi connectivity index (χ3v) is 22.2. The Hall–Kier alpha value is -10.6. The van der Waals surface area contributed by atoms with E-state index in [0.29, 0.717) is 23.2 Å². The quantitative estimate of drug-likeness (QED) is 0.0342. The van der Waals surface area contributed by atoms with Crippen LogP contribution in [0.4, 0.5) is 14.9 Å². The zero-order chi connectivity index (χ0) is 80.4. The Morgan fingerprint density at radius 2 is 0.821 bits per heavy atom. The highest BCUT2D eigenvalue weighted by molar-refractivity contribution is 7.87. The van der Waals surface area contributed by atoms with E-state index < -0.39 is 119 Å². The van der Waals surface area contributed by atoms with E-state index in [-0.39, 0.29) is 84.7 Å². The number of benzene rings is 11. The lowest BCUT2D eigenvalue weighted by Gasteiger charge is -2.50. The first-order valence-electron chi connectivity index (χ1n) is 39.7. The van der Waals surface area contributed by atoms with Gasteiger partial charge >= 0.3 is 16.2 Å². The van der Waals surface area contributed by atoms with E-state index in [0.717, 1.165) is 44.5 Å². The van der Waals surface area contributed by atoms with E-state index >= 15 is 13.2 Å². The minimum atomic E-state index is -4.74. The number of halogens is 1. The largest absolute Gasteiger partial charge is 0.447 e. The van der Waals surface area contributed by atoms with Crippen LogP contribution in [0.15, 0.2) is 322 Å². The van der Waals surface area contributed by atoms with Gasteiger partial charge in [0.05, 0.1) is 83.6 Å². The minimum Gasteiger partial charge on any atom is -0.447 e. The zero-order valence-corrected chi connectivity index (χ0v) is 65.6. The Morgan fingerprint density at radius 1 is 0.436 bits per heavy atom. The van der Waals surface area contributed by atoms with Gasteiger partial charge in [0, 0.05) is 5.69 Å². The molecule has 11 aromatic carbocycles. The molecule has 3 saturated heterocycles. The number of imide groups is 1. The van der Waals surface area contributed by atoms with Crippen LogP contribution in [-0.4, -0.2) is 123 Å². The second-order valence-electron chi connectivity index (χ2n) is 29.4. The molecule has 11 aromatic rings. The van der Waals surface area contributed by atoms with Crippen molar-refractivity contribution in [3.05, 3.63) is 383 Å². The highest BCUT2D eigenvalue weighted by atomic mass is 32.2. The van der Waals surface area contributed by atoms with Crippen molar-refractivity contribution in [1.82, 2.24) is 4.90 Å². The van der Waals surface area contributed by atoms with Gasteiger partial charge in [0.1, 0.15) is 78.9 Å². The van der Waals surface area contributed by atoms with Crippen molar-refractivity contribution >= 4 is 27.8 Å². The van der Waals surface area contributed by atoms with Crippen LogP contribution >= 0.6 is 0 Å². The first-order chi connectivity index (χ1) is 57.4. The van der Waals surface area contributed by atoms with Gasteiger partial charge in [-0.05, 0) is 111 Å². The number of ether oxygens (including phenoxy) is 11. The molecule has 3 aliphatic rings. The molecular formula is C96H97FN2O17S. The van der Waals surface area contributed by atoms with Gasteiger partial charge in [0.25, 0.3) is 0 Å². The highest BCUT2D eigenvalue weighted by Gasteiger charge is 2.55. The number of carbonyl (C=O) groups excluding carboxylic acids is 2. The standard InChI is InChI=1S/C96H97FN2O17S/c97-78-50-46-76(47-51-78)83(100)55-54-82(94(101)99-80(64-112-96(99)102)56-68-28-10-1-11-29-68)87(98-79-44-26-9-27-45-79)77-48-52-81(53-49-77)116-117(103,104)67-86-89(108-60-72-36-18-5-19-37-72)91(109-61-73-38-20-6-21-39-73)90(85(113-86)66-106-58-70-32-14-3-15-33-70)115-95-93(111-63-75-42-24-8-25-43-75)92(110-62-74-40-22-7-23-41-74)88(107-59-71-34-16-4-17-35-71)84(114-95)65-105-57-69-30-12-2-13-31-69/h1-53,80,82-93,95,98,100H,54-67H2/t80-,82+,83-,84?,85?,86-,87+,88-,89?,90-,91+,92-,93?,95-/m0/s1. The number of anilines is 1. The van der Waals surface area contributed by atoms with E-state index in [4.69, 9.17) is 56.3 Å². The van der Waals surface area contributed by atoms with Gasteiger partial charge in [-0.1, -0.05) is 285 Å². The van der Waals surface area contributed by atoms with Gasteiger partial charge in [0.2, 0.25) is 5.91 Å². The molecule has 0 bridgehead atoms. The van der Waals surface area contributed by atoms with Crippen LogP contribution in [0.2, 0.25) is 0 Å². The SMILES string of the molecule is O=C1OC[C@H](Cc2ccccc2)N1C(=O)[C@H](CC[C@H](O)c1ccc(F)cc1)[C@H](Nc1ccccc1)c1ccc(OS(=O)(=O)C[C@@H]2OC(COCc3ccccc3)[C@H](O[C@@H]3OC(COCc4ccccc4)[C@H](OCc4ccccc4)[C@H](OCc4ccccc4)C3OCc3ccccc3)[C@H](OCc3ccccc3)C2OCc2ccccc2)cc1. The Bertz CT molecular complexity index is 4900. The lowest BCUT2D eigenvalue weighted by atomic mass is 9.85. The summed E-state index contributed by atoms with van der Waals surface area (Å²) in [7, 11) is -4.74. The fraction of sp³-hybridized carbons (Fsp3) is 0.292. The maximum atomic E-state index is 15.6. The van der Waals surface area contributed by atoms with Crippen molar-refractivity contribution < 1.29 is 83.8 Å². The van der Waals surface area contributed by atoms with Crippen LogP contribution in [-0.2, 0) is 120 Å². The molecule has 4 unspecified atom stereocenters. The number of para-hydroxylation sites is 1. The molecule has 14 atom stereocenters. The monoisotopic (exact) mass is 1600 g/mol. The maximum absolute atomic E-state index is 15.6. The number of carbonyl (C=O) groups is 2. The Morgan fingerprint density at radius 3 is 1.28 bits per heavy atom. The topological polar surface area (TPSA) is 215 Å². The Labute approximate surface area is 683 Å². The molecule has 14 rings (SSSR count). The fourth-order valence-electron chi connectivity index (χ4n) is 15.0. The first kappa shape index (κ1) is 82.9.